The molecule has 0 radical (unpaired) electrons. The fourth-order valence-corrected chi connectivity index (χ4v) is 2.57. The fraction of sp³-hybridized carbons (Fsp3) is 0.200. The van der Waals surface area contributed by atoms with E-state index in [1.54, 1.807) is 0 Å². The number of urea groups is 1. The molecule has 0 atom stereocenters. The van der Waals surface area contributed by atoms with E-state index in [1.807, 2.05) is 71.5 Å². The molecule has 5 nitrogen and oxygen atoms in total. The van der Waals surface area contributed by atoms with Crippen LogP contribution in [0.1, 0.15) is 18.2 Å². The smallest absolute Gasteiger partial charge is 0.319 e. The van der Waals surface area contributed by atoms with E-state index < -0.39 is 0 Å². The number of para-hydroxylation sites is 1. The van der Waals surface area contributed by atoms with Gasteiger partial charge in [0.25, 0.3) is 0 Å². The van der Waals surface area contributed by atoms with E-state index in [9.17, 15) is 4.79 Å². The number of aromatic nitrogens is 2. The van der Waals surface area contributed by atoms with Gasteiger partial charge in [0.05, 0.1) is 11.4 Å². The van der Waals surface area contributed by atoms with Gasteiger partial charge in [-0.15, -0.1) is 0 Å². The van der Waals surface area contributed by atoms with Gasteiger partial charge in [0, 0.05) is 24.8 Å². The standard InChI is InChI=1S/C20H22N4O/c1-2-16-7-6-8-18(15-16)22-20(25)21-13-11-17-12-14-24(23-17)19-9-4-3-5-10-19/h3-10,12,14-15H,2,11,13H2,1H3,(H2,21,22,25). The molecule has 3 aromatic rings. The Kier molecular flexibility index (Phi) is 5.46. The van der Waals surface area contributed by atoms with E-state index in [1.165, 1.54) is 5.56 Å². The van der Waals surface area contributed by atoms with E-state index in [-0.39, 0.29) is 6.03 Å². The zero-order valence-electron chi connectivity index (χ0n) is 14.3. The molecule has 2 N–H and O–H groups in total. The molecule has 2 aromatic carbocycles. The van der Waals surface area contributed by atoms with Crippen molar-refractivity contribution < 1.29 is 4.79 Å². The highest BCUT2D eigenvalue weighted by Crippen LogP contribution is 2.11. The Morgan fingerprint density at radius 1 is 1.08 bits per heavy atom. The highest BCUT2D eigenvalue weighted by atomic mass is 16.2. The third kappa shape index (κ3) is 4.70. The minimum Gasteiger partial charge on any atom is -0.337 e. The van der Waals surface area contributed by atoms with Gasteiger partial charge in [-0.05, 0) is 42.3 Å². The number of hydrogen-bond donors (Lipinski definition) is 2. The van der Waals surface area contributed by atoms with Gasteiger partial charge >= 0.3 is 6.03 Å². The number of benzene rings is 2. The first-order valence-corrected chi connectivity index (χ1v) is 8.48. The first-order valence-electron chi connectivity index (χ1n) is 8.48. The highest BCUT2D eigenvalue weighted by molar-refractivity contribution is 5.89. The number of nitrogens with zero attached hydrogens (tertiary/aromatic N) is 2. The lowest BCUT2D eigenvalue weighted by Gasteiger charge is -2.08. The van der Waals surface area contributed by atoms with Gasteiger partial charge in [-0.1, -0.05) is 37.3 Å². The van der Waals surface area contributed by atoms with Crippen LogP contribution in [0.3, 0.4) is 0 Å². The number of amides is 2. The Morgan fingerprint density at radius 3 is 2.72 bits per heavy atom. The first-order chi connectivity index (χ1) is 12.2. The number of rotatable bonds is 6. The summed E-state index contributed by atoms with van der Waals surface area (Å²) in [4.78, 5) is 12.0. The summed E-state index contributed by atoms with van der Waals surface area (Å²) in [5, 5.41) is 10.3. The predicted molar refractivity (Wildman–Crippen MR) is 100 cm³/mol. The molecule has 0 bridgehead atoms. The molecular formula is C20H22N4O. The van der Waals surface area contributed by atoms with Crippen LogP contribution in [0.2, 0.25) is 0 Å². The van der Waals surface area contributed by atoms with Crippen LogP contribution >= 0.6 is 0 Å². The lowest BCUT2D eigenvalue weighted by atomic mass is 10.1. The monoisotopic (exact) mass is 334 g/mol. The third-order valence-electron chi connectivity index (χ3n) is 3.92. The van der Waals surface area contributed by atoms with Gasteiger partial charge in [-0.2, -0.15) is 5.10 Å². The Morgan fingerprint density at radius 2 is 1.92 bits per heavy atom. The number of carbonyl (C=O) groups excluding carboxylic acids is 1. The normalized spacial score (nSPS) is 10.4. The molecule has 0 fully saturated rings. The van der Waals surface area contributed by atoms with Crippen LogP contribution in [0, 0.1) is 0 Å². The lowest BCUT2D eigenvalue weighted by molar-refractivity contribution is 0.252. The Balaban J connectivity index is 1.48. The summed E-state index contributed by atoms with van der Waals surface area (Å²) in [5.41, 5.74) is 3.97. The van der Waals surface area contributed by atoms with Crippen molar-refractivity contribution in [1.29, 1.82) is 0 Å². The van der Waals surface area contributed by atoms with Crippen molar-refractivity contribution >= 4 is 11.7 Å². The van der Waals surface area contributed by atoms with Gasteiger partial charge in [0.2, 0.25) is 0 Å². The number of hydrogen-bond acceptors (Lipinski definition) is 2. The average molecular weight is 334 g/mol. The minimum atomic E-state index is -0.198. The highest BCUT2D eigenvalue weighted by Gasteiger charge is 2.04. The van der Waals surface area contributed by atoms with Gasteiger partial charge in [-0.25, -0.2) is 9.48 Å². The van der Waals surface area contributed by atoms with Crippen LogP contribution in [0.25, 0.3) is 5.69 Å². The molecule has 0 unspecified atom stereocenters. The summed E-state index contributed by atoms with van der Waals surface area (Å²) in [6, 6.07) is 19.6. The second-order valence-corrected chi connectivity index (χ2v) is 5.77. The average Bonchev–Trinajstić information content (AvgIpc) is 3.11. The molecule has 128 valence electrons. The molecule has 0 aliphatic rings. The second-order valence-electron chi connectivity index (χ2n) is 5.77. The molecule has 0 saturated carbocycles. The van der Waals surface area contributed by atoms with Crippen molar-refractivity contribution in [3.63, 3.8) is 0 Å². The molecule has 0 spiro atoms. The van der Waals surface area contributed by atoms with Gasteiger partial charge in [0.1, 0.15) is 0 Å². The van der Waals surface area contributed by atoms with Crippen molar-refractivity contribution in [3.05, 3.63) is 78.1 Å². The molecule has 25 heavy (non-hydrogen) atoms. The van der Waals surface area contributed by atoms with Crippen molar-refractivity contribution in [2.45, 2.75) is 19.8 Å². The van der Waals surface area contributed by atoms with E-state index in [0.717, 1.165) is 23.5 Å². The molecule has 3 rings (SSSR count). The van der Waals surface area contributed by atoms with Crippen molar-refractivity contribution in [2.24, 2.45) is 0 Å². The van der Waals surface area contributed by atoms with Crippen molar-refractivity contribution in [2.75, 3.05) is 11.9 Å². The Hall–Kier alpha value is -3.08. The quantitative estimate of drug-likeness (QED) is 0.720. The molecule has 2 amide bonds. The maximum absolute atomic E-state index is 12.0. The lowest BCUT2D eigenvalue weighted by Crippen LogP contribution is -2.30. The maximum Gasteiger partial charge on any atom is 0.319 e. The van der Waals surface area contributed by atoms with Crippen LogP contribution in [0.15, 0.2) is 66.9 Å². The fourth-order valence-electron chi connectivity index (χ4n) is 2.57. The van der Waals surface area contributed by atoms with Crippen LogP contribution in [-0.4, -0.2) is 22.4 Å². The summed E-state index contributed by atoms with van der Waals surface area (Å²) in [6.45, 7) is 2.62. The number of nitrogens with one attached hydrogen (secondary N) is 2. The third-order valence-corrected chi connectivity index (χ3v) is 3.92. The summed E-state index contributed by atoms with van der Waals surface area (Å²) in [7, 11) is 0. The Bertz CT molecular complexity index is 826. The van der Waals surface area contributed by atoms with E-state index in [0.29, 0.717) is 13.0 Å². The first kappa shape index (κ1) is 16.8. The molecule has 0 aliphatic heterocycles. The molecule has 5 heteroatoms. The largest absolute Gasteiger partial charge is 0.337 e. The maximum atomic E-state index is 12.0. The molecule has 1 aromatic heterocycles. The topological polar surface area (TPSA) is 59.0 Å². The zero-order valence-corrected chi connectivity index (χ0v) is 14.3. The van der Waals surface area contributed by atoms with Gasteiger partial charge < -0.3 is 10.6 Å². The van der Waals surface area contributed by atoms with Crippen molar-refractivity contribution in [1.82, 2.24) is 15.1 Å². The zero-order chi connectivity index (χ0) is 17.5. The van der Waals surface area contributed by atoms with E-state index in [2.05, 4.69) is 22.7 Å². The summed E-state index contributed by atoms with van der Waals surface area (Å²) >= 11 is 0. The predicted octanol–water partition coefficient (Wildman–Crippen LogP) is 3.80. The van der Waals surface area contributed by atoms with Crippen LogP contribution in [-0.2, 0) is 12.8 Å². The van der Waals surface area contributed by atoms with Crippen molar-refractivity contribution in [3.8, 4) is 5.69 Å². The van der Waals surface area contributed by atoms with E-state index >= 15 is 0 Å². The molecule has 0 saturated heterocycles. The van der Waals surface area contributed by atoms with Gasteiger partial charge in [0.15, 0.2) is 0 Å². The molecule has 0 aliphatic carbocycles. The van der Waals surface area contributed by atoms with Crippen LogP contribution in [0.5, 0.6) is 0 Å². The summed E-state index contributed by atoms with van der Waals surface area (Å²) < 4.78 is 1.84. The SMILES string of the molecule is CCc1cccc(NC(=O)NCCc2ccn(-c3ccccc3)n2)c1. The minimum absolute atomic E-state index is 0.198. The summed E-state index contributed by atoms with van der Waals surface area (Å²) in [5.74, 6) is 0. The Labute approximate surface area is 147 Å². The van der Waals surface area contributed by atoms with Crippen LogP contribution in [0.4, 0.5) is 10.5 Å². The van der Waals surface area contributed by atoms with Crippen LogP contribution < -0.4 is 10.6 Å². The number of aryl methyl sites for hydroxylation is 1. The molecule has 1 heterocycles. The second kappa shape index (κ2) is 8.15. The van der Waals surface area contributed by atoms with E-state index in [4.69, 9.17) is 0 Å². The number of carbonyl (C=O) groups is 1. The summed E-state index contributed by atoms with van der Waals surface area (Å²) in [6.07, 6.45) is 3.56. The molecular weight excluding hydrogens is 312 g/mol. The number of anilines is 1. The van der Waals surface area contributed by atoms with Gasteiger partial charge in [-0.3, -0.25) is 0 Å².